The molecule has 23 heavy (non-hydrogen) atoms. The van der Waals surface area contributed by atoms with E-state index in [1.807, 2.05) is 0 Å². The van der Waals surface area contributed by atoms with Gasteiger partial charge in [-0.2, -0.15) is 0 Å². The maximum Gasteiger partial charge on any atom is 0.380 e. The molecule has 10 heteroatoms. The largest absolute Gasteiger partial charge is 0.430 e. The Balaban J connectivity index is 1.80. The van der Waals surface area contributed by atoms with Gasteiger partial charge in [0.15, 0.2) is 0 Å². The number of hydrogen-bond donors (Lipinski definition) is 1. The fraction of sp³-hybridized carbons (Fsp3) is 0.538. The van der Waals surface area contributed by atoms with Gasteiger partial charge >= 0.3 is 12.4 Å². The molecule has 0 spiro atoms. The quantitative estimate of drug-likeness (QED) is 0.642. The Labute approximate surface area is 137 Å². The molecule has 0 saturated carbocycles. The van der Waals surface area contributed by atoms with Crippen molar-refractivity contribution in [3.8, 4) is 0 Å². The van der Waals surface area contributed by atoms with Gasteiger partial charge in [-0.1, -0.05) is 6.58 Å². The number of rotatable bonds is 3. The van der Waals surface area contributed by atoms with Crippen LogP contribution in [0.4, 0.5) is 0 Å². The summed E-state index contributed by atoms with van der Waals surface area (Å²) in [6.45, 7) is 4.28. The highest BCUT2D eigenvalue weighted by Gasteiger charge is 2.46. The zero-order chi connectivity index (χ0) is 16.8. The monoisotopic (exact) mass is 360 g/mol. The lowest BCUT2D eigenvalue weighted by Crippen LogP contribution is -2.34. The van der Waals surface area contributed by atoms with E-state index in [-0.39, 0.29) is 18.8 Å². The minimum absolute atomic E-state index is 0.225. The van der Waals surface area contributed by atoms with Crippen molar-refractivity contribution in [2.45, 2.75) is 38.7 Å². The summed E-state index contributed by atoms with van der Waals surface area (Å²) in [5.74, 6) is 0.426. The van der Waals surface area contributed by atoms with Gasteiger partial charge in [0.25, 0.3) is 5.56 Å². The first-order chi connectivity index (χ1) is 10.8. The predicted molar refractivity (Wildman–Crippen MR) is 85.6 cm³/mol. The molecule has 2 aliphatic rings. The number of allylic oxidation sites excluding steroid dienone is 1. The average Bonchev–Trinajstić information content (AvgIpc) is 2.83. The Morgan fingerprint density at radius 2 is 2.26 bits per heavy atom. The smallest absolute Gasteiger partial charge is 0.380 e. The van der Waals surface area contributed by atoms with Gasteiger partial charge in [0.2, 0.25) is 0 Å². The molecular formula is C13H17N2O6PS. The third kappa shape index (κ3) is 3.34. The molecule has 2 fully saturated rings. The van der Waals surface area contributed by atoms with Crippen molar-refractivity contribution in [1.29, 1.82) is 0 Å². The van der Waals surface area contributed by atoms with Crippen molar-refractivity contribution in [1.82, 2.24) is 9.55 Å². The molecule has 2 saturated heterocycles. The van der Waals surface area contributed by atoms with Crippen LogP contribution in [0.5, 0.6) is 0 Å². The van der Waals surface area contributed by atoms with Gasteiger partial charge in [0, 0.05) is 30.0 Å². The number of aromatic amines is 1. The highest BCUT2D eigenvalue weighted by Crippen LogP contribution is 2.57. The molecule has 1 aromatic rings. The summed E-state index contributed by atoms with van der Waals surface area (Å²) in [4.78, 5) is 25.7. The summed E-state index contributed by atoms with van der Waals surface area (Å²) in [5.41, 5.74) is -0.509. The summed E-state index contributed by atoms with van der Waals surface area (Å²) >= 11 is 5.28. The third-order valence-corrected chi connectivity index (χ3v) is 5.89. The second-order valence-electron chi connectivity index (χ2n) is 5.52. The number of hydrogen-bond acceptors (Lipinski definition) is 7. The molecule has 0 aromatic carbocycles. The molecule has 0 bridgehead atoms. The SMILES string of the molecule is C=C(C)OP1(=S)OCC2OC(n3cc(C)c(=O)[nH]c3=O)CC2O1. The van der Waals surface area contributed by atoms with E-state index in [1.165, 1.54) is 10.8 Å². The number of aryl methyl sites for hydroxylation is 1. The summed E-state index contributed by atoms with van der Waals surface area (Å²) < 4.78 is 23.8. The molecule has 126 valence electrons. The van der Waals surface area contributed by atoms with E-state index in [0.29, 0.717) is 17.7 Å². The zero-order valence-corrected chi connectivity index (χ0v) is 14.4. The minimum Gasteiger partial charge on any atom is -0.430 e. The molecule has 0 radical (unpaired) electrons. The molecule has 8 nitrogen and oxygen atoms in total. The number of nitrogens with one attached hydrogen (secondary N) is 1. The number of ether oxygens (including phenoxy) is 1. The van der Waals surface area contributed by atoms with Crippen LogP contribution < -0.4 is 11.2 Å². The standard InChI is InChI=1S/C13H17N2O6PS/c1-7(2)20-22(23)18-6-10-9(21-22)4-11(19-10)15-5-8(3)12(16)14-13(15)17/h5,9-11H,1,4,6H2,2-3H3,(H,14,16,17). The molecule has 1 aromatic heterocycles. The Morgan fingerprint density at radius 1 is 1.52 bits per heavy atom. The maximum atomic E-state index is 12.0. The van der Waals surface area contributed by atoms with Gasteiger partial charge in [0.1, 0.15) is 18.4 Å². The van der Waals surface area contributed by atoms with Crippen molar-refractivity contribution in [2.24, 2.45) is 0 Å². The molecule has 3 rings (SSSR count). The van der Waals surface area contributed by atoms with Gasteiger partial charge in [-0.3, -0.25) is 23.4 Å². The van der Waals surface area contributed by atoms with Crippen LogP contribution in [-0.2, 0) is 30.1 Å². The Kier molecular flexibility index (Phi) is 4.33. The molecule has 2 aliphatic heterocycles. The normalized spacial score (nSPS) is 33.2. The summed E-state index contributed by atoms with van der Waals surface area (Å²) in [5, 5.41) is 0. The zero-order valence-electron chi connectivity index (χ0n) is 12.7. The van der Waals surface area contributed by atoms with Crippen LogP contribution in [0.1, 0.15) is 25.1 Å². The molecule has 0 amide bonds. The Morgan fingerprint density at radius 3 is 2.96 bits per heavy atom. The Bertz CT molecular complexity index is 802. The summed E-state index contributed by atoms with van der Waals surface area (Å²) in [6.07, 6.45) is 0.659. The summed E-state index contributed by atoms with van der Waals surface area (Å²) in [7, 11) is 0. The predicted octanol–water partition coefficient (Wildman–Crippen LogP) is 1.32. The first-order valence-electron chi connectivity index (χ1n) is 7.03. The number of nitrogens with zero attached hydrogens (tertiary/aromatic N) is 1. The highest BCUT2D eigenvalue weighted by atomic mass is 32.5. The molecule has 4 unspecified atom stereocenters. The fourth-order valence-electron chi connectivity index (χ4n) is 2.53. The lowest BCUT2D eigenvalue weighted by molar-refractivity contribution is -0.0610. The lowest BCUT2D eigenvalue weighted by atomic mass is 10.2. The van der Waals surface area contributed by atoms with E-state index in [9.17, 15) is 9.59 Å². The van der Waals surface area contributed by atoms with Crippen LogP contribution in [0.2, 0.25) is 0 Å². The molecule has 3 heterocycles. The van der Waals surface area contributed by atoms with Crippen LogP contribution in [0.25, 0.3) is 0 Å². The van der Waals surface area contributed by atoms with Crippen molar-refractivity contribution < 1.29 is 18.3 Å². The molecule has 1 N–H and O–H groups in total. The van der Waals surface area contributed by atoms with Crippen LogP contribution >= 0.6 is 6.72 Å². The van der Waals surface area contributed by atoms with Crippen LogP contribution in [-0.4, -0.2) is 28.4 Å². The number of fused-ring (bicyclic) bond motifs is 1. The molecule has 0 aliphatic carbocycles. The van der Waals surface area contributed by atoms with Crippen LogP contribution in [0.15, 0.2) is 28.1 Å². The molecule has 4 atom stereocenters. The van der Waals surface area contributed by atoms with E-state index >= 15 is 0 Å². The van der Waals surface area contributed by atoms with E-state index in [1.54, 1.807) is 13.8 Å². The maximum absolute atomic E-state index is 12.0. The Hall–Kier alpha value is -1.25. The van der Waals surface area contributed by atoms with E-state index in [4.69, 9.17) is 30.1 Å². The lowest BCUT2D eigenvalue weighted by Gasteiger charge is -2.32. The second kappa shape index (κ2) is 5.99. The number of H-pyrrole nitrogens is 1. The van der Waals surface area contributed by atoms with Gasteiger partial charge in [0.05, 0.1) is 12.4 Å². The fourth-order valence-corrected chi connectivity index (χ4v) is 4.85. The molecular weight excluding hydrogens is 343 g/mol. The van der Waals surface area contributed by atoms with Crippen molar-refractivity contribution >= 4 is 18.5 Å². The average molecular weight is 360 g/mol. The highest BCUT2D eigenvalue weighted by molar-refractivity contribution is 8.07. The van der Waals surface area contributed by atoms with Crippen LogP contribution in [0, 0.1) is 6.92 Å². The van der Waals surface area contributed by atoms with Gasteiger partial charge in [-0.15, -0.1) is 0 Å². The third-order valence-electron chi connectivity index (χ3n) is 3.57. The number of aromatic nitrogens is 2. The second-order valence-corrected chi connectivity index (χ2v) is 8.41. The first kappa shape index (κ1) is 16.6. The minimum atomic E-state index is -2.88. The van der Waals surface area contributed by atoms with E-state index < -0.39 is 24.2 Å². The first-order valence-corrected chi connectivity index (χ1v) is 9.58. The van der Waals surface area contributed by atoms with Crippen molar-refractivity contribution in [2.75, 3.05) is 6.61 Å². The topological polar surface area (TPSA) is 91.8 Å². The van der Waals surface area contributed by atoms with Gasteiger partial charge in [-0.05, 0) is 13.8 Å². The van der Waals surface area contributed by atoms with Gasteiger partial charge < -0.3 is 9.26 Å². The van der Waals surface area contributed by atoms with Crippen molar-refractivity contribution in [3.63, 3.8) is 0 Å². The van der Waals surface area contributed by atoms with Crippen LogP contribution in [0.3, 0.4) is 0 Å². The van der Waals surface area contributed by atoms with Gasteiger partial charge in [-0.25, -0.2) is 4.79 Å². The van der Waals surface area contributed by atoms with Crippen molar-refractivity contribution in [3.05, 3.63) is 44.9 Å². The van der Waals surface area contributed by atoms with E-state index in [2.05, 4.69) is 11.6 Å². The van der Waals surface area contributed by atoms with E-state index in [0.717, 1.165) is 0 Å². The summed E-state index contributed by atoms with van der Waals surface area (Å²) in [6, 6.07) is 0.